The number of nitrogens with one attached hydrogen (secondary N) is 2. The highest BCUT2D eigenvalue weighted by molar-refractivity contribution is 14.0. The van der Waals surface area contributed by atoms with Crippen molar-refractivity contribution in [2.24, 2.45) is 16.3 Å². The number of halogens is 1. The normalized spacial score (nSPS) is 38.6. The summed E-state index contributed by atoms with van der Waals surface area (Å²) in [5.74, 6) is 1.73. The maximum Gasteiger partial charge on any atom is 0.191 e. The van der Waals surface area contributed by atoms with Gasteiger partial charge in [-0.2, -0.15) is 0 Å². The third kappa shape index (κ3) is 3.52. The standard InChI is InChI=1S/C21H36N4O.HI/c1-22-20(23-15-8-12-25(14-15)16-6-2-3-7-16)24-18-17-9-13-26-19(17)21(18)10-4-5-11-21;/h15-19H,2-14H2,1H3,(H2,22,23,24);1H. The van der Waals surface area contributed by atoms with E-state index >= 15 is 0 Å². The van der Waals surface area contributed by atoms with Gasteiger partial charge in [-0.3, -0.25) is 9.89 Å². The van der Waals surface area contributed by atoms with Crippen LogP contribution in [-0.4, -0.2) is 61.8 Å². The van der Waals surface area contributed by atoms with Crippen LogP contribution in [0.1, 0.15) is 64.2 Å². The molecule has 2 aliphatic heterocycles. The molecule has 0 amide bonds. The van der Waals surface area contributed by atoms with E-state index in [1.807, 2.05) is 7.05 Å². The summed E-state index contributed by atoms with van der Waals surface area (Å²) in [7, 11) is 1.93. The molecule has 4 unspecified atom stereocenters. The summed E-state index contributed by atoms with van der Waals surface area (Å²) in [6, 6.07) is 1.97. The van der Waals surface area contributed by atoms with Gasteiger partial charge in [0.15, 0.2) is 5.96 Å². The second kappa shape index (κ2) is 8.34. The maximum atomic E-state index is 6.13. The van der Waals surface area contributed by atoms with Crippen LogP contribution in [-0.2, 0) is 4.74 Å². The molecule has 0 aromatic carbocycles. The Bertz CT molecular complexity index is 544. The molecule has 5 aliphatic rings. The van der Waals surface area contributed by atoms with E-state index in [2.05, 4.69) is 20.5 Å². The Kier molecular flexibility index (Phi) is 6.24. The quantitative estimate of drug-likeness (QED) is 0.364. The number of nitrogens with zero attached hydrogens (tertiary/aromatic N) is 2. The van der Waals surface area contributed by atoms with Gasteiger partial charge in [0.2, 0.25) is 0 Å². The highest BCUT2D eigenvalue weighted by Crippen LogP contribution is 2.60. The predicted octanol–water partition coefficient (Wildman–Crippen LogP) is 3.13. The van der Waals surface area contributed by atoms with E-state index in [1.165, 1.54) is 77.3 Å². The van der Waals surface area contributed by atoms with Crippen molar-refractivity contribution >= 4 is 29.9 Å². The van der Waals surface area contributed by atoms with Crippen molar-refractivity contribution in [3.05, 3.63) is 0 Å². The van der Waals surface area contributed by atoms with Gasteiger partial charge < -0.3 is 15.4 Å². The van der Waals surface area contributed by atoms with E-state index in [-0.39, 0.29) is 24.0 Å². The second-order valence-corrected chi connectivity index (χ2v) is 9.44. The van der Waals surface area contributed by atoms with E-state index in [4.69, 9.17) is 4.74 Å². The van der Waals surface area contributed by atoms with Crippen molar-refractivity contribution in [2.45, 2.75) is 88.4 Å². The fraction of sp³-hybridized carbons (Fsp3) is 0.952. The Morgan fingerprint density at radius 1 is 1.04 bits per heavy atom. The molecular weight excluding hydrogens is 451 g/mol. The molecule has 27 heavy (non-hydrogen) atoms. The van der Waals surface area contributed by atoms with Crippen LogP contribution in [0.5, 0.6) is 0 Å². The summed E-state index contributed by atoms with van der Waals surface area (Å²) in [6.45, 7) is 3.40. The van der Waals surface area contributed by atoms with Crippen LogP contribution in [0.4, 0.5) is 0 Å². The van der Waals surface area contributed by atoms with Crippen molar-refractivity contribution < 1.29 is 4.74 Å². The fourth-order valence-electron chi connectivity index (χ4n) is 6.92. The van der Waals surface area contributed by atoms with Crippen molar-refractivity contribution in [1.29, 1.82) is 0 Å². The summed E-state index contributed by atoms with van der Waals surface area (Å²) in [5, 5.41) is 7.62. The van der Waals surface area contributed by atoms with Gasteiger partial charge in [-0.05, 0) is 38.5 Å². The highest BCUT2D eigenvalue weighted by Gasteiger charge is 2.65. The zero-order chi connectivity index (χ0) is 17.6. The lowest BCUT2D eigenvalue weighted by Gasteiger charge is -2.57. The molecule has 0 aromatic rings. The van der Waals surface area contributed by atoms with Gasteiger partial charge in [-0.25, -0.2) is 0 Å². The molecule has 3 aliphatic carbocycles. The SMILES string of the molecule is CN=C(NC1CCN(C2CCCC2)C1)NC1C2CCOC2C12CCCC2.I. The molecule has 2 heterocycles. The Labute approximate surface area is 181 Å². The van der Waals surface area contributed by atoms with E-state index in [0.717, 1.165) is 18.6 Å². The molecule has 5 nitrogen and oxygen atoms in total. The third-order valence-electron chi connectivity index (χ3n) is 8.20. The topological polar surface area (TPSA) is 48.9 Å². The lowest BCUT2D eigenvalue weighted by molar-refractivity contribution is -0.125. The zero-order valence-electron chi connectivity index (χ0n) is 16.8. The van der Waals surface area contributed by atoms with Crippen LogP contribution in [0.25, 0.3) is 0 Å². The number of aliphatic imine (C=N–C) groups is 1. The minimum atomic E-state index is 0. The zero-order valence-corrected chi connectivity index (χ0v) is 19.1. The average Bonchev–Trinajstić information content (AvgIpc) is 3.44. The molecule has 1 spiro atoms. The fourth-order valence-corrected chi connectivity index (χ4v) is 6.92. The smallest absolute Gasteiger partial charge is 0.191 e. The van der Waals surface area contributed by atoms with Crippen molar-refractivity contribution in [1.82, 2.24) is 15.5 Å². The van der Waals surface area contributed by atoms with Crippen LogP contribution < -0.4 is 10.6 Å². The van der Waals surface area contributed by atoms with Crippen LogP contribution in [0, 0.1) is 11.3 Å². The molecule has 2 saturated heterocycles. The molecule has 0 radical (unpaired) electrons. The van der Waals surface area contributed by atoms with Gasteiger partial charge in [0.25, 0.3) is 0 Å². The van der Waals surface area contributed by atoms with Gasteiger partial charge in [-0.1, -0.05) is 25.7 Å². The third-order valence-corrected chi connectivity index (χ3v) is 8.20. The minimum Gasteiger partial charge on any atom is -0.377 e. The van der Waals surface area contributed by atoms with E-state index < -0.39 is 0 Å². The van der Waals surface area contributed by atoms with Gasteiger partial charge in [0.1, 0.15) is 0 Å². The van der Waals surface area contributed by atoms with Gasteiger partial charge in [0, 0.05) is 56.2 Å². The van der Waals surface area contributed by atoms with Gasteiger partial charge in [0.05, 0.1) is 6.10 Å². The molecule has 0 bridgehead atoms. The number of hydrogen-bond donors (Lipinski definition) is 2. The maximum absolute atomic E-state index is 6.13. The summed E-state index contributed by atoms with van der Waals surface area (Å²) in [4.78, 5) is 7.32. The van der Waals surface area contributed by atoms with Crippen LogP contribution in [0.3, 0.4) is 0 Å². The number of rotatable bonds is 3. The molecule has 154 valence electrons. The largest absolute Gasteiger partial charge is 0.377 e. The molecule has 5 fully saturated rings. The first-order chi connectivity index (χ1) is 12.8. The van der Waals surface area contributed by atoms with Crippen LogP contribution in [0.15, 0.2) is 4.99 Å². The van der Waals surface area contributed by atoms with Gasteiger partial charge in [-0.15, -0.1) is 24.0 Å². The first-order valence-corrected chi connectivity index (χ1v) is 11.2. The van der Waals surface area contributed by atoms with E-state index in [9.17, 15) is 0 Å². The molecule has 0 aromatic heterocycles. The highest BCUT2D eigenvalue weighted by atomic mass is 127. The van der Waals surface area contributed by atoms with Gasteiger partial charge >= 0.3 is 0 Å². The lowest BCUT2D eigenvalue weighted by Crippen LogP contribution is -2.69. The Hall–Kier alpha value is -0.0800. The van der Waals surface area contributed by atoms with Crippen molar-refractivity contribution in [3.8, 4) is 0 Å². The van der Waals surface area contributed by atoms with Crippen LogP contribution in [0.2, 0.25) is 0 Å². The van der Waals surface area contributed by atoms with Crippen molar-refractivity contribution in [3.63, 3.8) is 0 Å². The minimum absolute atomic E-state index is 0. The number of ether oxygens (including phenoxy) is 1. The summed E-state index contributed by atoms with van der Waals surface area (Å²) in [6.07, 6.45) is 14.1. The first-order valence-electron chi connectivity index (χ1n) is 11.2. The summed E-state index contributed by atoms with van der Waals surface area (Å²) >= 11 is 0. The molecule has 3 saturated carbocycles. The molecule has 2 N–H and O–H groups in total. The Morgan fingerprint density at radius 2 is 1.81 bits per heavy atom. The van der Waals surface area contributed by atoms with E-state index in [0.29, 0.717) is 29.5 Å². The monoisotopic (exact) mass is 488 g/mol. The Balaban J connectivity index is 0.00000180. The van der Waals surface area contributed by atoms with Crippen LogP contribution >= 0.6 is 24.0 Å². The summed E-state index contributed by atoms with van der Waals surface area (Å²) in [5.41, 5.74) is 0.393. The van der Waals surface area contributed by atoms with Crippen molar-refractivity contribution in [2.75, 3.05) is 26.7 Å². The van der Waals surface area contributed by atoms with E-state index in [1.54, 1.807) is 0 Å². The molecule has 6 heteroatoms. The number of hydrogen-bond acceptors (Lipinski definition) is 3. The average molecular weight is 488 g/mol. The second-order valence-electron chi connectivity index (χ2n) is 9.44. The molecule has 4 atom stereocenters. The number of fused-ring (bicyclic) bond motifs is 2. The molecule has 5 rings (SSSR count). The predicted molar refractivity (Wildman–Crippen MR) is 120 cm³/mol. The Morgan fingerprint density at radius 3 is 2.56 bits per heavy atom. The number of likely N-dealkylation sites (tertiary alicyclic amines) is 1. The lowest BCUT2D eigenvalue weighted by atomic mass is 9.54. The molecular formula is C21H37IN4O. The first kappa shape index (κ1) is 20.2. The summed E-state index contributed by atoms with van der Waals surface area (Å²) < 4.78 is 6.13. The number of guanidine groups is 1.